The Kier molecular flexibility index (Phi) is 3.19. The molecule has 104 valence electrons. The molecular formula is C15H11N3O3. The molecular weight excluding hydrogens is 270 g/mol. The first-order valence-corrected chi connectivity index (χ1v) is 6.29. The van der Waals surface area contributed by atoms with Crippen molar-refractivity contribution in [3.63, 3.8) is 0 Å². The summed E-state index contributed by atoms with van der Waals surface area (Å²) in [6, 6.07) is 10.9. The Labute approximate surface area is 119 Å². The van der Waals surface area contributed by atoms with Gasteiger partial charge in [-0.1, -0.05) is 24.3 Å². The molecule has 0 unspecified atom stereocenters. The first-order valence-electron chi connectivity index (χ1n) is 6.29. The third-order valence-electron chi connectivity index (χ3n) is 3.06. The van der Waals surface area contributed by atoms with Gasteiger partial charge in [-0.3, -0.25) is 14.6 Å². The van der Waals surface area contributed by atoms with Gasteiger partial charge in [0.1, 0.15) is 12.2 Å². The van der Waals surface area contributed by atoms with Crippen molar-refractivity contribution in [2.24, 2.45) is 0 Å². The number of hydrogen-bond acceptors (Lipinski definition) is 4. The smallest absolute Gasteiger partial charge is 0.322 e. The maximum absolute atomic E-state index is 11.9. The summed E-state index contributed by atoms with van der Waals surface area (Å²) in [5.74, 6) is -1.62. The van der Waals surface area contributed by atoms with E-state index in [1.165, 1.54) is 0 Å². The zero-order valence-electron chi connectivity index (χ0n) is 10.9. The van der Waals surface area contributed by atoms with Crippen LogP contribution in [0.15, 0.2) is 42.6 Å². The van der Waals surface area contributed by atoms with Crippen LogP contribution in [0.25, 0.3) is 21.8 Å². The number of carboxylic acid groups (broad SMARTS) is 1. The number of fused-ring (bicyclic) bond motifs is 3. The molecule has 2 aromatic heterocycles. The fraction of sp³-hybridized carbons (Fsp3) is 0.0667. The minimum absolute atomic E-state index is 0.168. The zero-order chi connectivity index (χ0) is 14.8. The summed E-state index contributed by atoms with van der Waals surface area (Å²) in [4.78, 5) is 31.0. The molecule has 0 aliphatic heterocycles. The summed E-state index contributed by atoms with van der Waals surface area (Å²) in [5, 5.41) is 12.7. The second kappa shape index (κ2) is 5.16. The van der Waals surface area contributed by atoms with Crippen LogP contribution < -0.4 is 5.32 Å². The number of hydrogen-bond donors (Lipinski definition) is 2. The average Bonchev–Trinajstić information content (AvgIpc) is 2.52. The minimum Gasteiger partial charge on any atom is -0.480 e. The van der Waals surface area contributed by atoms with Crippen LogP contribution in [0.5, 0.6) is 0 Å². The van der Waals surface area contributed by atoms with Gasteiger partial charge in [-0.05, 0) is 12.1 Å². The van der Waals surface area contributed by atoms with Gasteiger partial charge in [-0.2, -0.15) is 0 Å². The Bertz CT molecular complexity index is 861. The van der Waals surface area contributed by atoms with Crippen molar-refractivity contribution >= 4 is 33.7 Å². The molecule has 0 spiro atoms. The Balaban J connectivity index is 2.08. The lowest BCUT2D eigenvalue weighted by atomic mass is 10.1. The molecule has 0 aliphatic rings. The van der Waals surface area contributed by atoms with Gasteiger partial charge in [0.05, 0.1) is 11.0 Å². The topological polar surface area (TPSA) is 92.2 Å². The lowest BCUT2D eigenvalue weighted by molar-refractivity contribution is -0.135. The van der Waals surface area contributed by atoms with E-state index in [2.05, 4.69) is 15.3 Å². The number of rotatable bonds is 3. The van der Waals surface area contributed by atoms with Crippen LogP contribution in [-0.2, 0) is 4.79 Å². The van der Waals surface area contributed by atoms with Crippen LogP contribution in [0.2, 0.25) is 0 Å². The van der Waals surface area contributed by atoms with E-state index in [1.807, 2.05) is 24.3 Å². The van der Waals surface area contributed by atoms with Crippen molar-refractivity contribution < 1.29 is 14.7 Å². The van der Waals surface area contributed by atoms with E-state index in [4.69, 9.17) is 5.11 Å². The fourth-order valence-electron chi connectivity index (χ4n) is 2.10. The Morgan fingerprint density at radius 3 is 2.52 bits per heavy atom. The number of aliphatic carboxylic acids is 1. The van der Waals surface area contributed by atoms with E-state index in [9.17, 15) is 9.59 Å². The Morgan fingerprint density at radius 2 is 1.76 bits per heavy atom. The number of aromatic nitrogens is 2. The molecule has 3 aromatic rings. The highest BCUT2D eigenvalue weighted by Crippen LogP contribution is 2.21. The first kappa shape index (κ1) is 13.0. The Hall–Kier alpha value is -3.02. The molecule has 6 nitrogen and oxygen atoms in total. The summed E-state index contributed by atoms with van der Waals surface area (Å²) in [6.45, 7) is -0.438. The van der Waals surface area contributed by atoms with Gasteiger partial charge in [0.15, 0.2) is 0 Å². The summed E-state index contributed by atoms with van der Waals surface area (Å²) in [6.07, 6.45) is 1.67. The Morgan fingerprint density at radius 1 is 1.05 bits per heavy atom. The standard InChI is InChI=1S/C15H11N3O3/c19-12(20)8-17-15(21)11-6-5-10-4-3-9-2-1-7-16-13(9)14(10)18-11/h1-7H,8H2,(H,17,21)(H,19,20). The normalized spacial score (nSPS) is 10.7. The van der Waals surface area contributed by atoms with Crippen molar-refractivity contribution in [1.82, 2.24) is 15.3 Å². The van der Waals surface area contributed by atoms with Crippen molar-refractivity contribution in [3.8, 4) is 0 Å². The van der Waals surface area contributed by atoms with Gasteiger partial charge < -0.3 is 10.4 Å². The number of amides is 1. The van der Waals surface area contributed by atoms with Gasteiger partial charge >= 0.3 is 5.97 Å². The highest BCUT2D eigenvalue weighted by Gasteiger charge is 2.11. The number of nitrogens with one attached hydrogen (secondary N) is 1. The zero-order valence-corrected chi connectivity index (χ0v) is 10.9. The maximum atomic E-state index is 11.9. The molecule has 0 fully saturated rings. The molecule has 1 aromatic carbocycles. The average molecular weight is 281 g/mol. The van der Waals surface area contributed by atoms with Gasteiger partial charge in [0.25, 0.3) is 5.91 Å². The van der Waals surface area contributed by atoms with Crippen LogP contribution >= 0.6 is 0 Å². The van der Waals surface area contributed by atoms with Crippen LogP contribution in [0.4, 0.5) is 0 Å². The maximum Gasteiger partial charge on any atom is 0.322 e. The number of benzene rings is 1. The molecule has 0 bridgehead atoms. The monoisotopic (exact) mass is 281 g/mol. The molecule has 0 atom stereocenters. The van der Waals surface area contributed by atoms with Crippen LogP contribution in [-0.4, -0.2) is 33.5 Å². The SMILES string of the molecule is O=C(O)CNC(=O)c1ccc2ccc3cccnc3c2n1. The second-order valence-electron chi connectivity index (χ2n) is 4.49. The molecule has 21 heavy (non-hydrogen) atoms. The summed E-state index contributed by atoms with van der Waals surface area (Å²) < 4.78 is 0. The number of carbonyl (C=O) groups excluding carboxylic acids is 1. The molecule has 2 heterocycles. The van der Waals surface area contributed by atoms with Crippen LogP contribution in [0, 0.1) is 0 Å². The summed E-state index contributed by atoms with van der Waals surface area (Å²) in [7, 11) is 0. The van der Waals surface area contributed by atoms with E-state index in [-0.39, 0.29) is 5.69 Å². The molecule has 3 rings (SSSR count). The first-order chi connectivity index (χ1) is 10.1. The molecule has 0 saturated heterocycles. The molecule has 0 saturated carbocycles. The fourth-order valence-corrected chi connectivity index (χ4v) is 2.10. The number of pyridine rings is 2. The molecule has 0 aliphatic carbocycles. The molecule has 6 heteroatoms. The van der Waals surface area contributed by atoms with Gasteiger partial charge in [0, 0.05) is 17.0 Å². The third kappa shape index (κ3) is 2.51. The van der Waals surface area contributed by atoms with Crippen molar-refractivity contribution in [3.05, 3.63) is 48.3 Å². The predicted molar refractivity (Wildman–Crippen MR) is 77.0 cm³/mol. The third-order valence-corrected chi connectivity index (χ3v) is 3.06. The van der Waals surface area contributed by atoms with E-state index in [0.717, 1.165) is 10.8 Å². The van der Waals surface area contributed by atoms with Crippen molar-refractivity contribution in [1.29, 1.82) is 0 Å². The lowest BCUT2D eigenvalue weighted by Gasteiger charge is -2.05. The predicted octanol–water partition coefficient (Wildman–Crippen LogP) is 1.60. The minimum atomic E-state index is -1.10. The quantitative estimate of drug-likeness (QED) is 0.711. The van der Waals surface area contributed by atoms with E-state index < -0.39 is 18.4 Å². The molecule has 2 N–H and O–H groups in total. The summed E-state index contributed by atoms with van der Waals surface area (Å²) >= 11 is 0. The van der Waals surface area contributed by atoms with Crippen molar-refractivity contribution in [2.75, 3.05) is 6.54 Å². The van der Waals surface area contributed by atoms with E-state index in [0.29, 0.717) is 11.0 Å². The second-order valence-corrected chi connectivity index (χ2v) is 4.49. The van der Waals surface area contributed by atoms with Gasteiger partial charge in [-0.25, -0.2) is 4.98 Å². The summed E-state index contributed by atoms with van der Waals surface area (Å²) in [5.41, 5.74) is 1.50. The highest BCUT2D eigenvalue weighted by atomic mass is 16.4. The largest absolute Gasteiger partial charge is 0.480 e. The van der Waals surface area contributed by atoms with E-state index >= 15 is 0 Å². The number of nitrogens with zero attached hydrogens (tertiary/aromatic N) is 2. The van der Waals surface area contributed by atoms with Crippen LogP contribution in [0.1, 0.15) is 10.5 Å². The van der Waals surface area contributed by atoms with Gasteiger partial charge in [0.2, 0.25) is 0 Å². The van der Waals surface area contributed by atoms with Crippen molar-refractivity contribution in [2.45, 2.75) is 0 Å². The van der Waals surface area contributed by atoms with Crippen LogP contribution in [0.3, 0.4) is 0 Å². The highest BCUT2D eigenvalue weighted by molar-refractivity contribution is 6.04. The molecule has 0 radical (unpaired) electrons. The van der Waals surface area contributed by atoms with E-state index in [1.54, 1.807) is 18.3 Å². The molecule has 1 amide bonds. The number of carboxylic acids is 1. The lowest BCUT2D eigenvalue weighted by Crippen LogP contribution is -2.29. The number of carbonyl (C=O) groups is 2. The van der Waals surface area contributed by atoms with Gasteiger partial charge in [-0.15, -0.1) is 0 Å².